The molecule has 1 aromatic heterocycles. The molecule has 104 valence electrons. The fourth-order valence-corrected chi connectivity index (χ4v) is 2.04. The van der Waals surface area contributed by atoms with Gasteiger partial charge >= 0.3 is 0 Å². The minimum Gasteiger partial charge on any atom is -0.370 e. The highest BCUT2D eigenvalue weighted by atomic mass is 16.6. The number of rotatable bonds is 7. The molecule has 0 saturated heterocycles. The number of hydrogen-bond donors (Lipinski definition) is 1. The molecular weight excluding hydrogens is 244 g/mol. The molecule has 0 aromatic carbocycles. The van der Waals surface area contributed by atoms with E-state index in [0.29, 0.717) is 18.2 Å². The van der Waals surface area contributed by atoms with E-state index in [9.17, 15) is 10.1 Å². The molecule has 1 aliphatic carbocycles. The van der Waals surface area contributed by atoms with E-state index >= 15 is 0 Å². The third-order valence-corrected chi connectivity index (χ3v) is 3.25. The van der Waals surface area contributed by atoms with Gasteiger partial charge in [0.25, 0.3) is 5.69 Å². The molecule has 0 unspecified atom stereocenters. The number of nitrogens with zero attached hydrogens (tertiary/aromatic N) is 3. The van der Waals surface area contributed by atoms with Crippen molar-refractivity contribution < 1.29 is 4.92 Å². The van der Waals surface area contributed by atoms with Crippen LogP contribution in [-0.4, -0.2) is 29.5 Å². The van der Waals surface area contributed by atoms with Crippen LogP contribution in [0.3, 0.4) is 0 Å². The second kappa shape index (κ2) is 5.86. The fourth-order valence-electron chi connectivity index (χ4n) is 2.04. The summed E-state index contributed by atoms with van der Waals surface area (Å²) in [6.45, 7) is 6.45. The van der Waals surface area contributed by atoms with Gasteiger partial charge in [-0.2, -0.15) is 0 Å². The van der Waals surface area contributed by atoms with Crippen LogP contribution in [0.4, 0.5) is 17.3 Å². The third-order valence-electron chi connectivity index (χ3n) is 3.25. The first-order valence-electron chi connectivity index (χ1n) is 6.79. The lowest BCUT2D eigenvalue weighted by Gasteiger charge is -2.22. The molecule has 1 N–H and O–H groups in total. The van der Waals surface area contributed by atoms with Gasteiger partial charge in [0.2, 0.25) is 0 Å². The van der Waals surface area contributed by atoms with Gasteiger partial charge < -0.3 is 10.2 Å². The van der Waals surface area contributed by atoms with E-state index in [-0.39, 0.29) is 10.6 Å². The van der Waals surface area contributed by atoms with Crippen LogP contribution in [0.25, 0.3) is 0 Å². The Labute approximate surface area is 113 Å². The molecule has 6 nitrogen and oxygen atoms in total. The summed E-state index contributed by atoms with van der Waals surface area (Å²) in [5.74, 6) is 1.99. The number of aromatic nitrogens is 1. The molecule has 1 fully saturated rings. The molecule has 2 rings (SSSR count). The Morgan fingerprint density at radius 1 is 1.47 bits per heavy atom. The van der Waals surface area contributed by atoms with E-state index in [2.05, 4.69) is 22.1 Å². The molecule has 0 bridgehead atoms. The van der Waals surface area contributed by atoms with Crippen LogP contribution in [-0.2, 0) is 0 Å². The maximum atomic E-state index is 11.0. The Hall–Kier alpha value is -1.85. The van der Waals surface area contributed by atoms with Crippen molar-refractivity contribution in [2.24, 2.45) is 5.92 Å². The lowest BCUT2D eigenvalue weighted by Crippen LogP contribution is -2.26. The quantitative estimate of drug-likeness (QED) is 0.605. The van der Waals surface area contributed by atoms with Crippen molar-refractivity contribution in [3.8, 4) is 0 Å². The lowest BCUT2D eigenvalue weighted by molar-refractivity contribution is -0.384. The van der Waals surface area contributed by atoms with Gasteiger partial charge in [-0.1, -0.05) is 0 Å². The van der Waals surface area contributed by atoms with Crippen molar-refractivity contribution in [3.05, 3.63) is 22.2 Å². The Balaban J connectivity index is 2.27. The van der Waals surface area contributed by atoms with E-state index in [1.54, 1.807) is 6.07 Å². The first-order valence-corrected chi connectivity index (χ1v) is 6.79. The van der Waals surface area contributed by atoms with E-state index in [1.807, 2.05) is 6.92 Å². The smallest absolute Gasteiger partial charge is 0.276 e. The summed E-state index contributed by atoms with van der Waals surface area (Å²) >= 11 is 0. The Bertz CT molecular complexity index is 460. The number of anilines is 2. The van der Waals surface area contributed by atoms with Crippen LogP contribution >= 0.6 is 0 Å². The average Bonchev–Trinajstić information content (AvgIpc) is 3.19. The van der Waals surface area contributed by atoms with Gasteiger partial charge in [-0.3, -0.25) is 10.1 Å². The summed E-state index contributed by atoms with van der Waals surface area (Å²) in [5.41, 5.74) is 0.0928. The number of nitrogens with one attached hydrogen (secondary N) is 1. The van der Waals surface area contributed by atoms with E-state index in [1.165, 1.54) is 18.9 Å². The standard InChI is InChI=1S/C13H20N4O2/c1-3-14-12-7-11(17(18)19)8-13(15-12)16(4-2)9-10-5-6-10/h7-8,10H,3-6,9H2,1-2H3,(H,14,15). The first kappa shape index (κ1) is 13.6. The molecule has 0 aliphatic heterocycles. The van der Waals surface area contributed by atoms with Gasteiger partial charge in [-0.15, -0.1) is 0 Å². The van der Waals surface area contributed by atoms with E-state index in [4.69, 9.17) is 0 Å². The Morgan fingerprint density at radius 2 is 2.21 bits per heavy atom. The van der Waals surface area contributed by atoms with Gasteiger partial charge in [-0.25, -0.2) is 4.98 Å². The van der Waals surface area contributed by atoms with Crippen molar-refractivity contribution in [1.82, 2.24) is 4.98 Å². The molecule has 1 aromatic rings. The molecular formula is C13H20N4O2. The maximum Gasteiger partial charge on any atom is 0.276 e. The monoisotopic (exact) mass is 264 g/mol. The largest absolute Gasteiger partial charge is 0.370 e. The van der Waals surface area contributed by atoms with Crippen LogP contribution in [0, 0.1) is 16.0 Å². The summed E-state index contributed by atoms with van der Waals surface area (Å²) in [4.78, 5) is 17.2. The molecule has 1 aliphatic rings. The van der Waals surface area contributed by atoms with Crippen LogP contribution in [0.1, 0.15) is 26.7 Å². The minimum absolute atomic E-state index is 0.0928. The normalized spacial score (nSPS) is 14.2. The zero-order valence-electron chi connectivity index (χ0n) is 11.4. The first-order chi connectivity index (χ1) is 9.13. The van der Waals surface area contributed by atoms with Crippen molar-refractivity contribution in [2.45, 2.75) is 26.7 Å². The fraction of sp³-hybridized carbons (Fsp3) is 0.615. The summed E-state index contributed by atoms with van der Waals surface area (Å²) in [7, 11) is 0. The van der Waals surface area contributed by atoms with Crippen LogP contribution in [0.2, 0.25) is 0 Å². The second-order valence-electron chi connectivity index (χ2n) is 4.84. The Morgan fingerprint density at radius 3 is 2.74 bits per heavy atom. The van der Waals surface area contributed by atoms with Crippen LogP contribution < -0.4 is 10.2 Å². The maximum absolute atomic E-state index is 11.0. The molecule has 6 heteroatoms. The van der Waals surface area contributed by atoms with E-state index < -0.39 is 0 Å². The summed E-state index contributed by atoms with van der Waals surface area (Å²) in [6, 6.07) is 3.05. The Kier molecular flexibility index (Phi) is 4.19. The van der Waals surface area contributed by atoms with Gasteiger partial charge in [0.1, 0.15) is 11.6 Å². The third kappa shape index (κ3) is 3.56. The molecule has 1 saturated carbocycles. The lowest BCUT2D eigenvalue weighted by atomic mass is 10.3. The van der Waals surface area contributed by atoms with Crippen LogP contribution in [0.15, 0.2) is 12.1 Å². The highest BCUT2D eigenvalue weighted by Gasteiger charge is 2.25. The molecule has 19 heavy (non-hydrogen) atoms. The highest BCUT2D eigenvalue weighted by Crippen LogP contribution is 2.32. The minimum atomic E-state index is -0.364. The van der Waals surface area contributed by atoms with Gasteiger partial charge in [0, 0.05) is 19.6 Å². The molecule has 0 amide bonds. The predicted molar refractivity (Wildman–Crippen MR) is 75.7 cm³/mol. The molecule has 0 spiro atoms. The summed E-state index contributed by atoms with van der Waals surface area (Å²) in [5, 5.41) is 14.0. The molecule has 0 radical (unpaired) electrons. The van der Waals surface area contributed by atoms with E-state index in [0.717, 1.165) is 19.0 Å². The molecule has 0 atom stereocenters. The zero-order valence-corrected chi connectivity index (χ0v) is 11.4. The van der Waals surface area contributed by atoms with Crippen molar-refractivity contribution in [2.75, 3.05) is 29.9 Å². The number of nitro groups is 1. The SMILES string of the molecule is CCNc1cc([N+](=O)[O-])cc(N(CC)CC2CC2)n1. The predicted octanol–water partition coefficient (Wildman–Crippen LogP) is 2.66. The van der Waals surface area contributed by atoms with Gasteiger partial charge in [0.05, 0.1) is 17.1 Å². The zero-order chi connectivity index (χ0) is 13.8. The highest BCUT2D eigenvalue weighted by molar-refractivity contribution is 5.56. The summed E-state index contributed by atoms with van der Waals surface area (Å²) < 4.78 is 0. The van der Waals surface area contributed by atoms with Crippen LogP contribution in [0.5, 0.6) is 0 Å². The summed E-state index contributed by atoms with van der Waals surface area (Å²) in [6.07, 6.45) is 2.51. The molecule has 1 heterocycles. The number of pyridine rings is 1. The number of hydrogen-bond acceptors (Lipinski definition) is 5. The second-order valence-corrected chi connectivity index (χ2v) is 4.84. The topological polar surface area (TPSA) is 71.3 Å². The van der Waals surface area contributed by atoms with Crippen molar-refractivity contribution >= 4 is 17.3 Å². The van der Waals surface area contributed by atoms with Crippen molar-refractivity contribution in [3.63, 3.8) is 0 Å². The van der Waals surface area contributed by atoms with Crippen molar-refractivity contribution in [1.29, 1.82) is 0 Å². The van der Waals surface area contributed by atoms with Gasteiger partial charge in [-0.05, 0) is 32.6 Å². The van der Waals surface area contributed by atoms with Gasteiger partial charge in [0.15, 0.2) is 0 Å². The average molecular weight is 264 g/mol.